The minimum Gasteiger partial charge on any atom is -0.394 e. The van der Waals surface area contributed by atoms with Gasteiger partial charge in [0.2, 0.25) is 0 Å². The number of hydrogen-bond acceptors (Lipinski definition) is 7. The highest BCUT2D eigenvalue weighted by Crippen LogP contribution is 2.42. The minimum atomic E-state index is -4.12. The van der Waals surface area contributed by atoms with Crippen LogP contribution >= 0.6 is 0 Å². The Balaban J connectivity index is 1.41. The molecule has 12 heteroatoms. The lowest BCUT2D eigenvalue weighted by Crippen LogP contribution is -2.33. The summed E-state index contributed by atoms with van der Waals surface area (Å²) >= 11 is 0. The normalized spacial score (nSPS) is 23.2. The molecule has 0 aromatic carbocycles. The number of amides is 1. The third kappa shape index (κ3) is 6.35. The summed E-state index contributed by atoms with van der Waals surface area (Å²) in [5, 5.41) is 12.5. The summed E-state index contributed by atoms with van der Waals surface area (Å²) in [5.74, 6) is -1.45. The van der Waals surface area contributed by atoms with E-state index < -0.39 is 40.5 Å². The Labute approximate surface area is 220 Å². The van der Waals surface area contributed by atoms with Gasteiger partial charge < -0.3 is 10.4 Å². The summed E-state index contributed by atoms with van der Waals surface area (Å²) in [5.41, 5.74) is 2.42. The summed E-state index contributed by atoms with van der Waals surface area (Å²) in [4.78, 5) is 23.9. The first-order valence-corrected chi connectivity index (χ1v) is 14.7. The monoisotopic (exact) mass is 554 g/mol. The number of aromatic nitrogens is 2. The number of aliphatic hydroxyl groups is 1. The summed E-state index contributed by atoms with van der Waals surface area (Å²) in [6, 6.07) is 3.81. The Morgan fingerprint density at radius 2 is 1.89 bits per heavy atom. The van der Waals surface area contributed by atoms with Gasteiger partial charge in [0, 0.05) is 31.7 Å². The molecule has 2 aromatic rings. The van der Waals surface area contributed by atoms with E-state index in [2.05, 4.69) is 20.2 Å². The summed E-state index contributed by atoms with van der Waals surface area (Å²) in [6.07, 6.45) is 1.87. The van der Waals surface area contributed by atoms with Crippen molar-refractivity contribution in [2.75, 3.05) is 19.4 Å². The smallest absolute Gasteiger partial charge is 0.391 e. The van der Waals surface area contributed by atoms with Crippen molar-refractivity contribution in [3.8, 4) is 0 Å². The number of fused-ring (bicyclic) bond motifs is 1. The van der Waals surface area contributed by atoms with Crippen molar-refractivity contribution in [3.63, 3.8) is 0 Å². The number of pyridine rings is 2. The first-order valence-electron chi connectivity index (χ1n) is 12.8. The highest BCUT2D eigenvalue weighted by molar-refractivity contribution is 7.90. The summed E-state index contributed by atoms with van der Waals surface area (Å²) < 4.78 is 62.4. The van der Waals surface area contributed by atoms with Crippen LogP contribution in [0.1, 0.15) is 78.4 Å². The van der Waals surface area contributed by atoms with Crippen LogP contribution in [-0.4, -0.2) is 59.9 Å². The molecule has 0 bridgehead atoms. The lowest BCUT2D eigenvalue weighted by molar-refractivity contribution is -0.184. The SMILES string of the molecule is CC[C@H]1c2ncc(C(=O)N[C@@H](CO)c3ccc(S(C)(=O)=O)cn3)cc2CN1C[C@H]1CC[C@H](C(F)(F)F)CC1. The molecule has 2 aliphatic rings. The van der Waals surface area contributed by atoms with Gasteiger partial charge in [-0.25, -0.2) is 8.42 Å². The Bertz CT molecular complexity index is 1250. The number of alkyl halides is 3. The maximum Gasteiger partial charge on any atom is 0.391 e. The molecule has 3 heterocycles. The van der Waals surface area contributed by atoms with Gasteiger partial charge in [0.15, 0.2) is 9.84 Å². The van der Waals surface area contributed by atoms with Crippen molar-refractivity contribution >= 4 is 15.7 Å². The van der Waals surface area contributed by atoms with Crippen molar-refractivity contribution in [1.82, 2.24) is 20.2 Å². The molecule has 1 amide bonds. The number of hydrogen-bond donors (Lipinski definition) is 2. The predicted molar refractivity (Wildman–Crippen MR) is 134 cm³/mol. The summed E-state index contributed by atoms with van der Waals surface area (Å²) in [7, 11) is -3.42. The van der Waals surface area contributed by atoms with Gasteiger partial charge in [0.05, 0.1) is 46.5 Å². The number of nitrogens with one attached hydrogen (secondary N) is 1. The molecule has 0 saturated heterocycles. The fourth-order valence-electron chi connectivity index (χ4n) is 5.49. The van der Waals surface area contributed by atoms with E-state index in [1.54, 1.807) is 6.07 Å². The third-order valence-electron chi connectivity index (χ3n) is 7.61. The first kappa shape index (κ1) is 28.4. The van der Waals surface area contributed by atoms with Crippen LogP contribution in [0.4, 0.5) is 13.2 Å². The van der Waals surface area contributed by atoms with Crippen molar-refractivity contribution < 1.29 is 31.5 Å². The number of sulfone groups is 1. The molecular formula is C26H33F3N4O4S. The van der Waals surface area contributed by atoms with Gasteiger partial charge >= 0.3 is 6.18 Å². The van der Waals surface area contributed by atoms with Gasteiger partial charge in [-0.2, -0.15) is 13.2 Å². The zero-order valence-electron chi connectivity index (χ0n) is 21.4. The number of aliphatic hydroxyl groups excluding tert-OH is 1. The molecule has 38 heavy (non-hydrogen) atoms. The Morgan fingerprint density at radius 3 is 2.45 bits per heavy atom. The molecule has 0 unspecified atom stereocenters. The summed E-state index contributed by atoms with van der Waals surface area (Å²) in [6.45, 7) is 2.88. The Hall–Kier alpha value is -2.57. The van der Waals surface area contributed by atoms with Gasteiger partial charge in [-0.1, -0.05) is 6.92 Å². The fourth-order valence-corrected chi connectivity index (χ4v) is 6.05. The fraction of sp³-hybridized carbons (Fsp3) is 0.577. The second-order valence-electron chi connectivity index (χ2n) is 10.3. The molecule has 2 N–H and O–H groups in total. The molecular weight excluding hydrogens is 521 g/mol. The van der Waals surface area contributed by atoms with E-state index in [9.17, 15) is 31.5 Å². The zero-order valence-corrected chi connectivity index (χ0v) is 22.2. The number of carbonyl (C=O) groups is 1. The molecule has 8 nitrogen and oxygen atoms in total. The molecule has 1 saturated carbocycles. The molecule has 4 rings (SSSR count). The molecule has 0 spiro atoms. The highest BCUT2D eigenvalue weighted by Gasteiger charge is 2.42. The molecule has 2 aromatic heterocycles. The lowest BCUT2D eigenvalue weighted by atomic mass is 9.81. The van der Waals surface area contributed by atoms with E-state index in [0.717, 1.165) is 23.9 Å². The number of nitrogens with zero attached hydrogens (tertiary/aromatic N) is 3. The molecule has 1 aliphatic carbocycles. The topological polar surface area (TPSA) is 112 Å². The van der Waals surface area contributed by atoms with Crippen LogP contribution in [0.3, 0.4) is 0 Å². The molecule has 1 aliphatic heterocycles. The standard InChI is InChI=1S/C26H33F3N4O4S/c1-3-23-24-18(14-33(23)13-16-4-6-19(7-5-16)26(27,28)29)10-17(11-31-24)25(35)32-22(15-34)21-9-8-20(12-30-21)38(2,36)37/h8-12,16,19,22-23,34H,3-7,13-15H2,1-2H3,(H,32,35)/t16-,19-,22-,23-/m0/s1. The van der Waals surface area contributed by atoms with Crippen LogP contribution in [0.2, 0.25) is 0 Å². The molecule has 2 atom stereocenters. The number of halogens is 3. The maximum atomic E-state index is 13.0. The Kier molecular flexibility index (Phi) is 8.43. The van der Waals surface area contributed by atoms with Crippen LogP contribution in [-0.2, 0) is 16.4 Å². The van der Waals surface area contributed by atoms with Crippen molar-refractivity contribution in [1.29, 1.82) is 0 Å². The molecule has 0 radical (unpaired) electrons. The predicted octanol–water partition coefficient (Wildman–Crippen LogP) is 3.98. The highest BCUT2D eigenvalue weighted by atomic mass is 32.2. The van der Waals surface area contributed by atoms with Crippen LogP contribution in [0.5, 0.6) is 0 Å². The lowest BCUT2D eigenvalue weighted by Gasteiger charge is -2.33. The minimum absolute atomic E-state index is 0.0375. The quantitative estimate of drug-likeness (QED) is 0.508. The van der Waals surface area contributed by atoms with Crippen LogP contribution in [0.15, 0.2) is 35.5 Å². The van der Waals surface area contributed by atoms with E-state index >= 15 is 0 Å². The van der Waals surface area contributed by atoms with E-state index in [-0.39, 0.29) is 29.7 Å². The van der Waals surface area contributed by atoms with E-state index in [4.69, 9.17) is 0 Å². The van der Waals surface area contributed by atoms with Crippen molar-refractivity contribution in [3.05, 3.63) is 53.1 Å². The van der Waals surface area contributed by atoms with Gasteiger partial charge in [-0.15, -0.1) is 0 Å². The third-order valence-corrected chi connectivity index (χ3v) is 8.71. The van der Waals surface area contributed by atoms with Gasteiger partial charge in [-0.05, 0) is 61.8 Å². The van der Waals surface area contributed by atoms with Gasteiger partial charge in [0.25, 0.3) is 5.91 Å². The van der Waals surface area contributed by atoms with E-state index in [1.807, 2.05) is 6.92 Å². The molecule has 208 valence electrons. The second kappa shape index (κ2) is 11.3. The molecule has 1 fully saturated rings. The first-order chi connectivity index (χ1) is 17.9. The van der Waals surface area contributed by atoms with Crippen molar-refractivity contribution in [2.45, 2.75) is 68.7 Å². The number of rotatable bonds is 8. The van der Waals surface area contributed by atoms with E-state index in [1.165, 1.54) is 24.5 Å². The number of carbonyl (C=O) groups excluding carboxylic acids is 1. The Morgan fingerprint density at radius 1 is 1.18 bits per heavy atom. The van der Waals surface area contributed by atoms with Crippen LogP contribution in [0.25, 0.3) is 0 Å². The zero-order chi connectivity index (χ0) is 27.7. The van der Waals surface area contributed by atoms with Crippen molar-refractivity contribution in [2.24, 2.45) is 11.8 Å². The largest absolute Gasteiger partial charge is 0.394 e. The maximum absolute atomic E-state index is 13.0. The second-order valence-corrected chi connectivity index (χ2v) is 12.3. The van der Waals surface area contributed by atoms with Gasteiger partial charge in [-0.3, -0.25) is 19.7 Å². The average molecular weight is 555 g/mol. The van der Waals surface area contributed by atoms with Gasteiger partial charge in [0.1, 0.15) is 0 Å². The van der Waals surface area contributed by atoms with Crippen LogP contribution < -0.4 is 5.32 Å². The van der Waals surface area contributed by atoms with Crippen LogP contribution in [0, 0.1) is 11.8 Å². The van der Waals surface area contributed by atoms with E-state index in [0.29, 0.717) is 37.2 Å². The average Bonchev–Trinajstić information content (AvgIpc) is 3.22.